The second-order valence-electron chi connectivity index (χ2n) is 13.2. The van der Waals surface area contributed by atoms with Crippen molar-refractivity contribution in [2.24, 2.45) is 58.2 Å². The number of rotatable bonds is 5. The molecule has 0 aromatic rings. The molecule has 3 saturated carbocycles. The second-order valence-corrected chi connectivity index (χ2v) is 13.2. The molecule has 0 aromatic carbocycles. The van der Waals surface area contributed by atoms with E-state index in [1.54, 1.807) is 5.57 Å². The molecule has 0 heterocycles. The normalized spacial score (nSPS) is 46.4. The fourth-order valence-corrected chi connectivity index (χ4v) is 9.39. The highest BCUT2D eigenvalue weighted by Crippen LogP contribution is 2.67. The van der Waals surface area contributed by atoms with Crippen LogP contribution in [0.3, 0.4) is 0 Å². The quantitative estimate of drug-likeness (QED) is 0.454. The SMILES string of the molecule is CC(C)CC(C)C(C)C(C)C1CCC2C3CC=C4CC(O)CCC4(C)C3CCC12C. The van der Waals surface area contributed by atoms with E-state index in [0.717, 1.165) is 60.2 Å². The van der Waals surface area contributed by atoms with Crippen LogP contribution in [0.1, 0.15) is 106 Å². The van der Waals surface area contributed by atoms with Crippen LogP contribution < -0.4 is 0 Å². The summed E-state index contributed by atoms with van der Waals surface area (Å²) < 4.78 is 0. The van der Waals surface area contributed by atoms with Crippen molar-refractivity contribution >= 4 is 0 Å². The summed E-state index contributed by atoms with van der Waals surface area (Å²) in [5.41, 5.74) is 2.55. The van der Waals surface area contributed by atoms with Gasteiger partial charge in [-0.05, 0) is 116 Å². The summed E-state index contributed by atoms with van der Waals surface area (Å²) in [4.78, 5) is 0. The molecule has 4 aliphatic rings. The maximum Gasteiger partial charge on any atom is 0.0577 e. The number of aliphatic hydroxyl groups is 1. The summed E-state index contributed by atoms with van der Waals surface area (Å²) in [5.74, 6) is 6.95. The Bertz CT molecular complexity index is 649. The first-order valence-electron chi connectivity index (χ1n) is 13.5. The zero-order valence-electron chi connectivity index (χ0n) is 21.1. The molecule has 1 nitrogen and oxygen atoms in total. The first-order chi connectivity index (χ1) is 14.1. The van der Waals surface area contributed by atoms with Gasteiger partial charge in [0.15, 0.2) is 0 Å². The average molecular weight is 415 g/mol. The van der Waals surface area contributed by atoms with Gasteiger partial charge in [-0.2, -0.15) is 0 Å². The Morgan fingerprint density at radius 3 is 2.40 bits per heavy atom. The lowest BCUT2D eigenvalue weighted by Gasteiger charge is -2.58. The summed E-state index contributed by atoms with van der Waals surface area (Å²) in [6.45, 7) is 17.7. The molecule has 10 atom stereocenters. The molecule has 0 bridgehead atoms. The van der Waals surface area contributed by atoms with Gasteiger partial charge in [0.1, 0.15) is 0 Å². The predicted octanol–water partition coefficient (Wildman–Crippen LogP) is 7.88. The van der Waals surface area contributed by atoms with Gasteiger partial charge in [-0.3, -0.25) is 0 Å². The highest BCUT2D eigenvalue weighted by atomic mass is 16.3. The molecule has 0 amide bonds. The molecule has 3 fully saturated rings. The maximum atomic E-state index is 10.3. The van der Waals surface area contributed by atoms with E-state index in [0.29, 0.717) is 10.8 Å². The van der Waals surface area contributed by atoms with Crippen LogP contribution in [0.15, 0.2) is 11.6 Å². The van der Waals surface area contributed by atoms with E-state index >= 15 is 0 Å². The van der Waals surface area contributed by atoms with Crippen molar-refractivity contribution in [2.45, 2.75) is 112 Å². The monoisotopic (exact) mass is 414 g/mol. The molecule has 0 aromatic heterocycles. The molecular weight excluding hydrogens is 364 g/mol. The van der Waals surface area contributed by atoms with Crippen LogP contribution in [0.5, 0.6) is 0 Å². The molecule has 30 heavy (non-hydrogen) atoms. The van der Waals surface area contributed by atoms with Gasteiger partial charge in [0, 0.05) is 0 Å². The summed E-state index contributed by atoms with van der Waals surface area (Å²) in [5, 5.41) is 10.3. The highest BCUT2D eigenvalue weighted by Gasteiger charge is 2.59. The van der Waals surface area contributed by atoms with Crippen LogP contribution in [0.4, 0.5) is 0 Å². The maximum absolute atomic E-state index is 10.3. The van der Waals surface area contributed by atoms with Crippen molar-refractivity contribution in [3.63, 3.8) is 0 Å². The van der Waals surface area contributed by atoms with Crippen molar-refractivity contribution in [1.29, 1.82) is 0 Å². The molecule has 0 saturated heterocycles. The van der Waals surface area contributed by atoms with Crippen molar-refractivity contribution in [2.75, 3.05) is 0 Å². The van der Waals surface area contributed by atoms with E-state index in [-0.39, 0.29) is 6.10 Å². The number of fused-ring (bicyclic) bond motifs is 5. The molecular formula is C29H50O. The Morgan fingerprint density at radius 1 is 0.967 bits per heavy atom. The lowest BCUT2D eigenvalue weighted by molar-refractivity contribution is -0.0621. The summed E-state index contributed by atoms with van der Waals surface area (Å²) in [7, 11) is 0. The van der Waals surface area contributed by atoms with Gasteiger partial charge in [0.2, 0.25) is 0 Å². The number of allylic oxidation sites excluding steroid dienone is 1. The van der Waals surface area contributed by atoms with Crippen LogP contribution in [-0.4, -0.2) is 11.2 Å². The van der Waals surface area contributed by atoms with Crippen LogP contribution in [0.2, 0.25) is 0 Å². The van der Waals surface area contributed by atoms with Gasteiger partial charge in [0.25, 0.3) is 0 Å². The Morgan fingerprint density at radius 2 is 1.70 bits per heavy atom. The minimum absolute atomic E-state index is 0.0826. The van der Waals surface area contributed by atoms with E-state index in [4.69, 9.17) is 0 Å². The third-order valence-corrected chi connectivity index (χ3v) is 11.4. The Labute approximate surface area is 187 Å². The van der Waals surface area contributed by atoms with Crippen molar-refractivity contribution in [3.8, 4) is 0 Å². The first kappa shape index (κ1) is 22.9. The molecule has 4 aliphatic carbocycles. The molecule has 172 valence electrons. The first-order valence-corrected chi connectivity index (χ1v) is 13.5. The Kier molecular flexibility index (Phi) is 6.28. The second kappa shape index (κ2) is 8.24. The van der Waals surface area contributed by atoms with Crippen LogP contribution in [0, 0.1) is 58.2 Å². The smallest absolute Gasteiger partial charge is 0.0577 e. The average Bonchev–Trinajstić information content (AvgIpc) is 3.04. The largest absolute Gasteiger partial charge is 0.393 e. The van der Waals surface area contributed by atoms with E-state index in [9.17, 15) is 5.11 Å². The zero-order chi connectivity index (χ0) is 21.8. The van der Waals surface area contributed by atoms with Gasteiger partial charge in [-0.1, -0.05) is 60.1 Å². The molecule has 1 heteroatoms. The molecule has 10 unspecified atom stereocenters. The molecule has 0 aliphatic heterocycles. The molecule has 4 rings (SSSR count). The van der Waals surface area contributed by atoms with E-state index in [1.807, 2.05) is 0 Å². The fourth-order valence-electron chi connectivity index (χ4n) is 9.39. The van der Waals surface area contributed by atoms with Crippen molar-refractivity contribution in [1.82, 2.24) is 0 Å². The zero-order valence-corrected chi connectivity index (χ0v) is 21.1. The van der Waals surface area contributed by atoms with Crippen molar-refractivity contribution in [3.05, 3.63) is 11.6 Å². The number of hydrogen-bond acceptors (Lipinski definition) is 1. The number of aliphatic hydroxyl groups excluding tert-OH is 1. The Balaban J connectivity index is 1.53. The fraction of sp³-hybridized carbons (Fsp3) is 0.931. The van der Waals surface area contributed by atoms with Gasteiger partial charge in [-0.25, -0.2) is 0 Å². The standard InChI is InChI=1S/C29H50O/c1-18(2)16-19(3)20(4)21(5)25-10-11-26-24-9-8-22-17-23(30)12-14-28(22,6)27(24)13-15-29(25,26)7/h8,18-21,23-27,30H,9-17H2,1-7H3. The van der Waals surface area contributed by atoms with Crippen LogP contribution >= 0.6 is 0 Å². The third kappa shape index (κ3) is 3.64. The Hall–Kier alpha value is -0.300. The van der Waals surface area contributed by atoms with Gasteiger partial charge in [-0.15, -0.1) is 0 Å². The topological polar surface area (TPSA) is 20.2 Å². The summed E-state index contributed by atoms with van der Waals surface area (Å²) in [6, 6.07) is 0. The van der Waals surface area contributed by atoms with Crippen LogP contribution in [0.25, 0.3) is 0 Å². The minimum Gasteiger partial charge on any atom is -0.393 e. The lowest BCUT2D eigenvalue weighted by Crippen LogP contribution is -2.51. The summed E-state index contributed by atoms with van der Waals surface area (Å²) in [6.07, 6.45) is 14.2. The van der Waals surface area contributed by atoms with Gasteiger partial charge >= 0.3 is 0 Å². The number of hydrogen-bond donors (Lipinski definition) is 1. The molecule has 0 radical (unpaired) electrons. The third-order valence-electron chi connectivity index (χ3n) is 11.4. The summed E-state index contributed by atoms with van der Waals surface area (Å²) >= 11 is 0. The minimum atomic E-state index is -0.0826. The van der Waals surface area contributed by atoms with Crippen LogP contribution in [-0.2, 0) is 0 Å². The molecule has 1 N–H and O–H groups in total. The van der Waals surface area contributed by atoms with E-state index in [2.05, 4.69) is 54.5 Å². The molecule has 0 spiro atoms. The lowest BCUT2D eigenvalue weighted by atomic mass is 9.46. The van der Waals surface area contributed by atoms with Crippen molar-refractivity contribution < 1.29 is 5.11 Å². The van der Waals surface area contributed by atoms with Gasteiger partial charge in [0.05, 0.1) is 6.10 Å². The van der Waals surface area contributed by atoms with E-state index < -0.39 is 0 Å². The predicted molar refractivity (Wildman–Crippen MR) is 128 cm³/mol. The van der Waals surface area contributed by atoms with Gasteiger partial charge < -0.3 is 5.11 Å². The van der Waals surface area contributed by atoms with E-state index in [1.165, 1.54) is 44.9 Å². The highest BCUT2D eigenvalue weighted by molar-refractivity contribution is 5.25.